The minimum absolute atomic E-state index is 0.154. The number of benzene rings is 2. The first kappa shape index (κ1) is 17.4. The lowest BCUT2D eigenvalue weighted by Crippen LogP contribution is -2.28. The van der Waals surface area contributed by atoms with Gasteiger partial charge in [-0.25, -0.2) is 14.4 Å². The summed E-state index contributed by atoms with van der Waals surface area (Å²) in [6.07, 6.45) is 0. The van der Waals surface area contributed by atoms with Crippen molar-refractivity contribution in [2.24, 2.45) is 5.10 Å². The molecule has 0 N–H and O–H groups in total. The lowest BCUT2D eigenvalue weighted by atomic mass is 10.3. The molecule has 9 heteroatoms. The van der Waals surface area contributed by atoms with Crippen molar-refractivity contribution in [3.05, 3.63) is 68.4 Å². The van der Waals surface area contributed by atoms with E-state index in [1.165, 1.54) is 30.0 Å². The van der Waals surface area contributed by atoms with Crippen molar-refractivity contribution in [2.75, 3.05) is 5.01 Å². The van der Waals surface area contributed by atoms with E-state index >= 15 is 0 Å². The Hall–Kier alpha value is -2.68. The number of hydrazone groups is 1. The number of thiazole rings is 1. The van der Waals surface area contributed by atoms with Gasteiger partial charge in [-0.3, -0.25) is 9.59 Å². The van der Waals surface area contributed by atoms with Gasteiger partial charge in [0.1, 0.15) is 9.56 Å². The highest BCUT2D eigenvalue weighted by atomic mass is 35.5. The van der Waals surface area contributed by atoms with Gasteiger partial charge in [0, 0.05) is 11.9 Å². The van der Waals surface area contributed by atoms with Crippen molar-refractivity contribution >= 4 is 72.2 Å². The molecule has 2 aromatic carbocycles. The number of carbonyl (C=O) groups is 1. The summed E-state index contributed by atoms with van der Waals surface area (Å²) < 4.78 is 2.10. The fourth-order valence-electron chi connectivity index (χ4n) is 2.97. The molecular weight excluding hydrogens is 416 g/mol. The second-order valence-electron chi connectivity index (χ2n) is 6.11. The van der Waals surface area contributed by atoms with Crippen LogP contribution >= 0.6 is 34.7 Å². The van der Waals surface area contributed by atoms with Crippen molar-refractivity contribution in [3.63, 3.8) is 0 Å². The minimum atomic E-state index is -0.171. The molecule has 1 aliphatic heterocycles. The highest BCUT2D eigenvalue weighted by Gasteiger charge is 2.28. The zero-order valence-corrected chi connectivity index (χ0v) is 16.8. The summed E-state index contributed by atoms with van der Waals surface area (Å²) >= 11 is 8.48. The first-order valence-electron chi connectivity index (χ1n) is 8.30. The molecule has 0 bridgehead atoms. The summed E-state index contributed by atoms with van der Waals surface area (Å²) in [6.45, 7) is 1.46. The van der Waals surface area contributed by atoms with Gasteiger partial charge in [-0.1, -0.05) is 35.1 Å². The van der Waals surface area contributed by atoms with Gasteiger partial charge in [-0.2, -0.15) is 5.10 Å². The number of thioether (sulfide) groups is 1. The topological polar surface area (TPSA) is 67.0 Å². The zero-order valence-electron chi connectivity index (χ0n) is 14.4. The quantitative estimate of drug-likeness (QED) is 0.490. The van der Waals surface area contributed by atoms with Gasteiger partial charge in [0.2, 0.25) is 0 Å². The number of anilines is 1. The van der Waals surface area contributed by atoms with Crippen LogP contribution in [0.25, 0.3) is 21.0 Å². The number of ketones is 1. The molecule has 3 heterocycles. The molecule has 4 aromatic rings. The number of rotatable bonds is 2. The van der Waals surface area contributed by atoms with E-state index in [9.17, 15) is 9.59 Å². The normalized spacial score (nSPS) is 16.2. The van der Waals surface area contributed by atoms with Crippen molar-refractivity contribution < 1.29 is 4.79 Å². The molecule has 2 aromatic heterocycles. The Labute approximate surface area is 171 Å². The SMILES string of the molecule is CC(=O)C1=NN(c2ccc(Cl)cc2)C(=c2sc3nc4ccccc4n3c2=O)S1. The second kappa shape index (κ2) is 6.44. The number of hydrogen-bond acceptors (Lipinski definition) is 7. The number of aromatic nitrogens is 2. The largest absolute Gasteiger partial charge is 0.292 e. The fraction of sp³-hybridized carbons (Fsp3) is 0.0526. The molecule has 0 radical (unpaired) electrons. The molecule has 138 valence electrons. The van der Waals surface area contributed by atoms with E-state index in [1.807, 2.05) is 24.3 Å². The lowest BCUT2D eigenvalue weighted by Gasteiger charge is -2.14. The van der Waals surface area contributed by atoms with Crippen LogP contribution in [0.1, 0.15) is 6.92 Å². The first-order chi connectivity index (χ1) is 13.5. The Kier molecular flexibility index (Phi) is 4.01. The molecule has 0 saturated carbocycles. The molecule has 0 aliphatic carbocycles. The smallest absolute Gasteiger partial charge is 0.277 e. The van der Waals surface area contributed by atoms with Crippen molar-refractivity contribution in [1.29, 1.82) is 0 Å². The highest BCUT2D eigenvalue weighted by molar-refractivity contribution is 8.23. The van der Waals surface area contributed by atoms with Crippen LogP contribution in [0.15, 0.2) is 58.4 Å². The molecule has 0 fully saturated rings. The maximum absolute atomic E-state index is 13.2. The molecule has 0 atom stereocenters. The fourth-order valence-corrected chi connectivity index (χ4v) is 5.16. The maximum atomic E-state index is 13.2. The van der Waals surface area contributed by atoms with E-state index in [0.29, 0.717) is 24.6 Å². The summed E-state index contributed by atoms with van der Waals surface area (Å²) in [5.41, 5.74) is 2.09. The van der Waals surface area contributed by atoms with Crippen LogP contribution in [-0.2, 0) is 4.79 Å². The average Bonchev–Trinajstić information content (AvgIpc) is 3.35. The molecule has 1 aliphatic rings. The third kappa shape index (κ3) is 2.64. The average molecular weight is 427 g/mol. The van der Waals surface area contributed by atoms with Crippen LogP contribution < -0.4 is 15.1 Å². The second-order valence-corrected chi connectivity index (χ2v) is 8.50. The van der Waals surface area contributed by atoms with E-state index < -0.39 is 0 Å². The summed E-state index contributed by atoms with van der Waals surface area (Å²) in [5, 5.41) is 7.57. The van der Waals surface area contributed by atoms with Crippen LogP contribution in [0.3, 0.4) is 0 Å². The molecule has 6 nitrogen and oxygen atoms in total. The molecule has 0 amide bonds. The van der Waals surface area contributed by atoms with Crippen molar-refractivity contribution in [1.82, 2.24) is 9.38 Å². The number of Topliss-reactive ketones (excluding diaryl/α,β-unsaturated/α-hetero) is 1. The number of hydrogen-bond donors (Lipinski definition) is 0. The van der Waals surface area contributed by atoms with E-state index in [1.54, 1.807) is 33.7 Å². The van der Waals surface area contributed by atoms with Crippen LogP contribution in [0, 0.1) is 0 Å². The number of halogens is 1. The number of imidazole rings is 1. The third-order valence-corrected chi connectivity index (χ3v) is 6.81. The van der Waals surface area contributed by atoms with Crippen molar-refractivity contribution in [3.8, 4) is 0 Å². The molecule has 0 saturated heterocycles. The Bertz CT molecular complexity index is 1410. The van der Waals surface area contributed by atoms with Crippen molar-refractivity contribution in [2.45, 2.75) is 6.92 Å². The van der Waals surface area contributed by atoms with Crippen LogP contribution in [0.4, 0.5) is 5.69 Å². The molecule has 0 spiro atoms. The van der Waals surface area contributed by atoms with Gasteiger partial charge >= 0.3 is 0 Å². The molecule has 0 unspecified atom stereocenters. The van der Waals surface area contributed by atoms with Gasteiger partial charge in [-0.15, -0.1) is 0 Å². The van der Waals surface area contributed by atoms with E-state index in [-0.39, 0.29) is 11.3 Å². The standard InChI is InChI=1S/C19H11ClN4O2S2/c1-10(25)16-22-24(12-8-6-11(20)7-9-12)18(28-16)15-17(26)23-14-5-3-2-4-13(14)21-19(23)27-15/h2-9H,1H3. The van der Waals surface area contributed by atoms with Gasteiger partial charge in [-0.05, 0) is 48.2 Å². The van der Waals surface area contributed by atoms with Gasteiger partial charge < -0.3 is 0 Å². The summed E-state index contributed by atoms with van der Waals surface area (Å²) in [7, 11) is 0. The first-order valence-corrected chi connectivity index (χ1v) is 10.3. The Morgan fingerprint density at radius 1 is 1.11 bits per heavy atom. The Balaban J connectivity index is 1.79. The van der Waals surface area contributed by atoms with Crippen LogP contribution in [-0.4, -0.2) is 20.2 Å². The lowest BCUT2D eigenvalue weighted by molar-refractivity contribution is -0.110. The van der Waals surface area contributed by atoms with Crippen LogP contribution in [0.2, 0.25) is 5.02 Å². The van der Waals surface area contributed by atoms with Gasteiger partial charge in [0.05, 0.1) is 16.7 Å². The number of carbonyl (C=O) groups excluding carboxylic acids is 1. The molecule has 28 heavy (non-hydrogen) atoms. The van der Waals surface area contributed by atoms with E-state index in [0.717, 1.165) is 16.7 Å². The third-order valence-electron chi connectivity index (χ3n) is 4.26. The Morgan fingerprint density at radius 3 is 2.61 bits per heavy atom. The number of nitrogens with zero attached hydrogens (tertiary/aromatic N) is 4. The zero-order chi connectivity index (χ0) is 19.4. The summed E-state index contributed by atoms with van der Waals surface area (Å²) in [6, 6.07) is 14.6. The number of para-hydroxylation sites is 2. The van der Waals surface area contributed by atoms with Crippen LogP contribution in [0.5, 0.6) is 0 Å². The Morgan fingerprint density at radius 2 is 1.86 bits per heavy atom. The summed E-state index contributed by atoms with van der Waals surface area (Å²) in [5.74, 6) is -0.154. The molecular formula is C19H11ClN4O2S2. The highest BCUT2D eigenvalue weighted by Crippen LogP contribution is 2.36. The predicted molar refractivity (Wildman–Crippen MR) is 115 cm³/mol. The predicted octanol–water partition coefficient (Wildman–Crippen LogP) is 3.50. The van der Waals surface area contributed by atoms with Gasteiger partial charge in [0.15, 0.2) is 15.8 Å². The number of fused-ring (bicyclic) bond motifs is 3. The van der Waals surface area contributed by atoms with Gasteiger partial charge in [0.25, 0.3) is 5.56 Å². The molecule has 5 rings (SSSR count). The van der Waals surface area contributed by atoms with E-state index in [2.05, 4.69) is 10.1 Å². The minimum Gasteiger partial charge on any atom is -0.292 e. The van der Waals surface area contributed by atoms with E-state index in [4.69, 9.17) is 11.6 Å². The summed E-state index contributed by atoms with van der Waals surface area (Å²) in [4.78, 5) is 30.3. The maximum Gasteiger partial charge on any atom is 0.277 e. The monoisotopic (exact) mass is 426 g/mol.